The van der Waals surface area contributed by atoms with Gasteiger partial charge >= 0.3 is 0 Å². The van der Waals surface area contributed by atoms with Gasteiger partial charge in [0.1, 0.15) is 0 Å². The molecule has 0 aliphatic carbocycles. The predicted octanol–water partition coefficient (Wildman–Crippen LogP) is 5.06. The Morgan fingerprint density at radius 2 is 1.80 bits per heavy atom. The molecule has 4 rings (SSSR count). The molecule has 152 valence electrons. The van der Waals surface area contributed by atoms with Crippen molar-refractivity contribution >= 4 is 44.8 Å². The van der Waals surface area contributed by atoms with Gasteiger partial charge in [0.15, 0.2) is 10.9 Å². The van der Waals surface area contributed by atoms with Crippen LogP contribution in [0.4, 0.5) is 11.5 Å². The fourth-order valence-corrected chi connectivity index (χ4v) is 3.54. The van der Waals surface area contributed by atoms with Crippen LogP contribution in [0, 0.1) is 6.92 Å². The first kappa shape index (κ1) is 20.3. The van der Waals surface area contributed by atoms with E-state index in [1.165, 1.54) is 16.7 Å². The maximum Gasteiger partial charge on any atom is 0.176 e. The predicted molar refractivity (Wildman–Crippen MR) is 128 cm³/mol. The summed E-state index contributed by atoms with van der Waals surface area (Å²) >= 11 is 8.87. The molecule has 2 aromatic carbocycles. The summed E-state index contributed by atoms with van der Waals surface area (Å²) in [5.74, 6) is 0.698. The van der Waals surface area contributed by atoms with Crippen molar-refractivity contribution in [1.82, 2.24) is 19.6 Å². The van der Waals surface area contributed by atoms with Gasteiger partial charge in [-0.25, -0.2) is 0 Å². The molecule has 0 aliphatic heterocycles. The summed E-state index contributed by atoms with van der Waals surface area (Å²) in [6, 6.07) is 18.4. The molecular formula is C22H21BrN6S. The Kier molecular flexibility index (Phi) is 6.25. The zero-order chi connectivity index (χ0) is 20.9. The lowest BCUT2D eigenvalue weighted by Gasteiger charge is -2.07. The van der Waals surface area contributed by atoms with Crippen LogP contribution in [0.15, 0.2) is 77.7 Å². The highest BCUT2D eigenvalue weighted by molar-refractivity contribution is 9.10. The summed E-state index contributed by atoms with van der Waals surface area (Å²) in [7, 11) is 0. The number of nitrogens with zero attached hydrogens (tertiary/aromatic N) is 4. The van der Waals surface area contributed by atoms with Gasteiger partial charge in [-0.2, -0.15) is 10.2 Å². The number of anilines is 2. The SMILES string of the molecule is Cc1ccccc1Cn1ccc(NC(=S)Nc2cnn(Cc3ccc(Br)cc3)c2)n1. The van der Waals surface area contributed by atoms with Gasteiger partial charge < -0.3 is 10.6 Å². The zero-order valence-electron chi connectivity index (χ0n) is 16.4. The molecule has 0 saturated heterocycles. The first-order valence-electron chi connectivity index (χ1n) is 9.48. The summed E-state index contributed by atoms with van der Waals surface area (Å²) < 4.78 is 4.82. The van der Waals surface area contributed by atoms with E-state index in [9.17, 15) is 0 Å². The van der Waals surface area contributed by atoms with Gasteiger partial charge in [0.25, 0.3) is 0 Å². The minimum absolute atomic E-state index is 0.472. The molecule has 4 aromatic rings. The Balaban J connectivity index is 1.32. The van der Waals surface area contributed by atoms with Gasteiger partial charge in [-0.1, -0.05) is 52.3 Å². The standard InChI is InChI=1S/C22H21BrN6S/c1-16-4-2-3-5-18(16)14-28-11-10-21(27-28)26-22(30)25-20-12-24-29(15-20)13-17-6-8-19(23)9-7-17/h2-12,15H,13-14H2,1H3,(H2,25,26,27,30). The van der Waals surface area contributed by atoms with Crippen molar-refractivity contribution in [3.8, 4) is 0 Å². The Bertz CT molecular complexity index is 1150. The minimum atomic E-state index is 0.472. The molecule has 0 saturated carbocycles. The molecule has 0 aliphatic rings. The lowest BCUT2D eigenvalue weighted by molar-refractivity contribution is 0.687. The largest absolute Gasteiger partial charge is 0.330 e. The van der Waals surface area contributed by atoms with Crippen molar-refractivity contribution in [1.29, 1.82) is 0 Å². The van der Waals surface area contributed by atoms with Crippen LogP contribution in [-0.2, 0) is 13.1 Å². The van der Waals surface area contributed by atoms with Crippen LogP contribution < -0.4 is 10.6 Å². The Morgan fingerprint density at radius 1 is 1.00 bits per heavy atom. The molecule has 0 atom stereocenters. The highest BCUT2D eigenvalue weighted by atomic mass is 79.9. The van der Waals surface area contributed by atoms with E-state index in [0.717, 1.165) is 16.7 Å². The topological polar surface area (TPSA) is 59.7 Å². The fraction of sp³-hybridized carbons (Fsp3) is 0.136. The summed E-state index contributed by atoms with van der Waals surface area (Å²) in [4.78, 5) is 0. The van der Waals surface area contributed by atoms with Crippen molar-refractivity contribution in [3.63, 3.8) is 0 Å². The molecule has 2 heterocycles. The number of benzene rings is 2. The average molecular weight is 481 g/mol. The number of thiocarbonyl (C=S) groups is 1. The van der Waals surface area contributed by atoms with Crippen LogP contribution in [0.1, 0.15) is 16.7 Å². The lowest BCUT2D eigenvalue weighted by Crippen LogP contribution is -2.19. The van der Waals surface area contributed by atoms with E-state index in [0.29, 0.717) is 17.5 Å². The maximum atomic E-state index is 5.42. The van der Waals surface area contributed by atoms with Crippen LogP contribution in [0.3, 0.4) is 0 Å². The van der Waals surface area contributed by atoms with Crippen LogP contribution in [0.25, 0.3) is 0 Å². The molecule has 0 amide bonds. The third kappa shape index (κ3) is 5.34. The molecule has 8 heteroatoms. The van der Waals surface area contributed by atoms with E-state index in [-0.39, 0.29) is 0 Å². The second kappa shape index (κ2) is 9.23. The highest BCUT2D eigenvalue weighted by Gasteiger charge is 2.06. The van der Waals surface area contributed by atoms with E-state index in [2.05, 4.69) is 68.0 Å². The van der Waals surface area contributed by atoms with Crippen molar-refractivity contribution in [3.05, 3.63) is 94.4 Å². The summed E-state index contributed by atoms with van der Waals surface area (Å²) in [6.07, 6.45) is 5.62. The van der Waals surface area contributed by atoms with Crippen molar-refractivity contribution in [2.45, 2.75) is 20.0 Å². The number of nitrogens with one attached hydrogen (secondary N) is 2. The van der Waals surface area contributed by atoms with Gasteiger partial charge in [0.2, 0.25) is 0 Å². The monoisotopic (exact) mass is 480 g/mol. The molecule has 0 radical (unpaired) electrons. The Hall–Kier alpha value is -2.97. The Morgan fingerprint density at radius 3 is 2.60 bits per heavy atom. The summed E-state index contributed by atoms with van der Waals surface area (Å²) in [5.41, 5.74) is 4.49. The van der Waals surface area contributed by atoms with Crippen molar-refractivity contribution in [2.24, 2.45) is 0 Å². The number of halogens is 1. The van der Waals surface area contributed by atoms with Crippen molar-refractivity contribution in [2.75, 3.05) is 10.6 Å². The van der Waals surface area contributed by atoms with Crippen LogP contribution in [-0.4, -0.2) is 24.7 Å². The second-order valence-electron chi connectivity index (χ2n) is 6.96. The van der Waals surface area contributed by atoms with Gasteiger partial charge in [-0.05, 0) is 48.0 Å². The van der Waals surface area contributed by atoms with E-state index >= 15 is 0 Å². The molecule has 2 N–H and O–H groups in total. The number of rotatable bonds is 6. The number of aryl methyl sites for hydroxylation is 1. The van der Waals surface area contributed by atoms with Crippen LogP contribution in [0.2, 0.25) is 0 Å². The van der Waals surface area contributed by atoms with E-state index in [1.54, 1.807) is 6.20 Å². The first-order valence-corrected chi connectivity index (χ1v) is 10.7. The number of aromatic nitrogens is 4. The first-order chi connectivity index (χ1) is 14.5. The molecular weight excluding hydrogens is 460 g/mol. The second-order valence-corrected chi connectivity index (χ2v) is 8.28. The average Bonchev–Trinajstić information content (AvgIpc) is 3.35. The Labute approximate surface area is 189 Å². The van der Waals surface area contributed by atoms with Crippen LogP contribution >= 0.6 is 28.1 Å². The molecule has 0 unspecified atom stereocenters. The summed E-state index contributed by atoms with van der Waals surface area (Å²) in [6.45, 7) is 3.52. The highest BCUT2D eigenvalue weighted by Crippen LogP contribution is 2.14. The van der Waals surface area contributed by atoms with Crippen LogP contribution in [0.5, 0.6) is 0 Å². The van der Waals surface area contributed by atoms with E-state index < -0.39 is 0 Å². The molecule has 0 bridgehead atoms. The molecule has 2 aromatic heterocycles. The quantitative estimate of drug-likeness (QED) is 0.377. The van der Waals surface area contributed by atoms with Gasteiger partial charge in [0.05, 0.1) is 25.0 Å². The minimum Gasteiger partial charge on any atom is -0.330 e. The summed E-state index contributed by atoms with van der Waals surface area (Å²) in [5, 5.41) is 15.7. The van der Waals surface area contributed by atoms with Gasteiger partial charge in [-0.3, -0.25) is 9.36 Å². The molecule has 6 nitrogen and oxygen atoms in total. The van der Waals surface area contributed by atoms with Gasteiger partial charge in [-0.15, -0.1) is 0 Å². The normalized spacial score (nSPS) is 10.7. The molecule has 0 fully saturated rings. The van der Waals surface area contributed by atoms with E-state index in [1.807, 2.05) is 52.1 Å². The number of hydrogen-bond acceptors (Lipinski definition) is 3. The zero-order valence-corrected chi connectivity index (χ0v) is 18.8. The molecule has 30 heavy (non-hydrogen) atoms. The van der Waals surface area contributed by atoms with Crippen molar-refractivity contribution < 1.29 is 0 Å². The number of hydrogen-bond donors (Lipinski definition) is 2. The van der Waals surface area contributed by atoms with E-state index in [4.69, 9.17) is 12.2 Å². The lowest BCUT2D eigenvalue weighted by atomic mass is 10.1. The maximum absolute atomic E-state index is 5.42. The van der Waals surface area contributed by atoms with Gasteiger partial charge in [0, 0.05) is 22.9 Å². The fourth-order valence-electron chi connectivity index (χ4n) is 3.05. The third-order valence-electron chi connectivity index (χ3n) is 4.62. The smallest absolute Gasteiger partial charge is 0.176 e. The molecule has 0 spiro atoms. The third-order valence-corrected chi connectivity index (χ3v) is 5.36.